The van der Waals surface area contributed by atoms with E-state index in [9.17, 15) is 14.4 Å². The van der Waals surface area contributed by atoms with Crippen LogP contribution >= 0.6 is 0 Å². The van der Waals surface area contributed by atoms with Crippen molar-refractivity contribution in [2.24, 2.45) is 26.7 Å². The number of aliphatic imine (C=N–C) groups is 2. The number of nitrogens with one attached hydrogen (secondary N) is 2. The number of ether oxygens (including phenoxy) is 2. The molecule has 0 saturated carbocycles. The molecule has 51 heavy (non-hydrogen) atoms. The fourth-order valence-corrected chi connectivity index (χ4v) is 7.13. The van der Waals surface area contributed by atoms with Gasteiger partial charge in [-0.05, 0) is 38.3 Å². The topological polar surface area (TPSA) is 156 Å². The summed E-state index contributed by atoms with van der Waals surface area (Å²) in [6.07, 6.45) is 2.42. The van der Waals surface area contributed by atoms with E-state index in [2.05, 4.69) is 15.6 Å². The van der Waals surface area contributed by atoms with Crippen molar-refractivity contribution in [1.82, 2.24) is 10.6 Å². The Morgan fingerprint density at radius 1 is 1.08 bits per heavy atom. The number of esters is 1. The molecule has 12 nitrogen and oxygen atoms in total. The number of rotatable bonds is 12. The van der Waals surface area contributed by atoms with Gasteiger partial charge in [0.1, 0.15) is 23.2 Å². The van der Waals surface area contributed by atoms with Gasteiger partial charge in [0, 0.05) is 30.8 Å². The van der Waals surface area contributed by atoms with E-state index < -0.39 is 58.3 Å². The average molecular weight is 697 g/mol. The van der Waals surface area contributed by atoms with E-state index in [4.69, 9.17) is 14.5 Å². The number of carbonyl (C=O) groups excluding carboxylic acids is 5. The van der Waals surface area contributed by atoms with Gasteiger partial charge in [-0.1, -0.05) is 74.5 Å². The molecule has 268 valence electrons. The predicted molar refractivity (Wildman–Crippen MR) is 192 cm³/mol. The minimum absolute atomic E-state index is 0.0551. The molecule has 0 bridgehead atoms. The normalized spacial score (nSPS) is 22.4. The van der Waals surface area contributed by atoms with Crippen LogP contribution in [-0.4, -0.2) is 96.7 Å². The number of amides is 2. The van der Waals surface area contributed by atoms with Gasteiger partial charge in [0.05, 0.1) is 25.6 Å². The van der Waals surface area contributed by atoms with Crippen LogP contribution in [0.2, 0.25) is 0 Å². The van der Waals surface area contributed by atoms with Crippen molar-refractivity contribution in [3.63, 3.8) is 0 Å². The van der Waals surface area contributed by atoms with E-state index in [-0.39, 0.29) is 49.1 Å². The molecule has 3 atom stereocenters. The lowest BCUT2D eigenvalue weighted by Gasteiger charge is -2.48. The van der Waals surface area contributed by atoms with Gasteiger partial charge in [-0.15, -0.1) is 4.58 Å². The van der Waals surface area contributed by atoms with E-state index in [1.807, 2.05) is 44.2 Å². The van der Waals surface area contributed by atoms with Crippen LogP contribution in [0.1, 0.15) is 52.2 Å². The van der Waals surface area contributed by atoms with Gasteiger partial charge in [-0.2, -0.15) is 0 Å². The summed E-state index contributed by atoms with van der Waals surface area (Å²) in [5, 5.41) is 5.94. The highest BCUT2D eigenvalue weighted by Gasteiger charge is 2.71. The summed E-state index contributed by atoms with van der Waals surface area (Å²) < 4.78 is 13.0. The van der Waals surface area contributed by atoms with E-state index >= 15 is 9.59 Å². The van der Waals surface area contributed by atoms with Crippen molar-refractivity contribution in [2.45, 2.75) is 59.0 Å². The molecule has 0 aromatic heterocycles. The Labute approximate surface area is 298 Å². The van der Waals surface area contributed by atoms with Crippen molar-refractivity contribution in [1.29, 1.82) is 0 Å². The number of hydrogen-bond acceptors (Lipinski definition) is 10. The molecule has 0 radical (unpaired) electrons. The maximum atomic E-state index is 16.0. The lowest BCUT2D eigenvalue weighted by molar-refractivity contribution is -0.386. The highest BCUT2D eigenvalue weighted by molar-refractivity contribution is 6.46. The molecule has 0 fully saturated rings. The molecule has 3 aliphatic rings. The molecule has 5 rings (SSSR count). The molecule has 12 heteroatoms. The second-order valence-electron chi connectivity index (χ2n) is 14.1. The fraction of sp³-hybridized carbons (Fsp3) is 0.436. The molecule has 2 aromatic carbocycles. The molecule has 2 amide bonds. The number of ketones is 2. The van der Waals surface area contributed by atoms with E-state index in [0.717, 1.165) is 0 Å². The quantitative estimate of drug-likeness (QED) is 0.254. The average Bonchev–Trinajstić information content (AvgIpc) is 3.50. The maximum Gasteiger partial charge on any atom is 0.418 e. The largest absolute Gasteiger partial charge is 0.478 e. The highest BCUT2D eigenvalue weighted by atomic mass is 16.5. The van der Waals surface area contributed by atoms with Crippen LogP contribution in [0.25, 0.3) is 5.57 Å². The monoisotopic (exact) mass is 696 g/mol. The van der Waals surface area contributed by atoms with Crippen LogP contribution in [0.15, 0.2) is 76.8 Å². The zero-order chi connectivity index (χ0) is 37.0. The van der Waals surface area contributed by atoms with Gasteiger partial charge in [-0.3, -0.25) is 24.2 Å². The van der Waals surface area contributed by atoms with Crippen LogP contribution in [0.4, 0.5) is 0 Å². The minimum Gasteiger partial charge on any atom is -0.478 e. The third-order valence-corrected chi connectivity index (χ3v) is 9.51. The second kappa shape index (κ2) is 15.0. The number of carbonyl (C=O) groups is 5. The Hall–Kier alpha value is -5.10. The first-order valence-electron chi connectivity index (χ1n) is 17.1. The van der Waals surface area contributed by atoms with Crippen LogP contribution in [-0.2, 0) is 39.9 Å². The van der Waals surface area contributed by atoms with Crippen molar-refractivity contribution >= 4 is 52.7 Å². The third-order valence-electron chi connectivity index (χ3n) is 9.51. The number of allylic oxidation sites excluding steroid dienone is 1. The molecule has 0 spiro atoms. The molecule has 2 N–H and O–H groups in total. The summed E-state index contributed by atoms with van der Waals surface area (Å²) in [6.45, 7) is 9.09. The van der Waals surface area contributed by atoms with Gasteiger partial charge in [0.15, 0.2) is 12.2 Å². The van der Waals surface area contributed by atoms with Crippen LogP contribution in [0.3, 0.4) is 0 Å². The molecule has 2 aromatic rings. The Morgan fingerprint density at radius 2 is 1.75 bits per heavy atom. The Kier molecular flexibility index (Phi) is 10.9. The van der Waals surface area contributed by atoms with Gasteiger partial charge in [0.2, 0.25) is 23.3 Å². The summed E-state index contributed by atoms with van der Waals surface area (Å²) in [4.78, 5) is 81.4. The fourth-order valence-electron chi connectivity index (χ4n) is 7.13. The minimum atomic E-state index is -2.11. The summed E-state index contributed by atoms with van der Waals surface area (Å²) >= 11 is 0. The summed E-state index contributed by atoms with van der Waals surface area (Å²) in [5.41, 5.74) is -3.59. The zero-order valence-electron chi connectivity index (χ0n) is 30.0. The van der Waals surface area contributed by atoms with Crippen molar-refractivity contribution in [3.05, 3.63) is 78.0 Å². The number of Topliss-reactive ketones (excluding diaryl/α,β-unsaturated/α-hetero) is 2. The summed E-state index contributed by atoms with van der Waals surface area (Å²) in [6, 6.07) is 17.1. The molecule has 3 aliphatic heterocycles. The van der Waals surface area contributed by atoms with Crippen LogP contribution in [0.5, 0.6) is 0 Å². The Balaban J connectivity index is 1.97. The molecule has 0 aliphatic carbocycles. The molecular formula is C39H46N5O7+. The lowest BCUT2D eigenvalue weighted by Crippen LogP contribution is -2.66. The first-order valence-corrected chi connectivity index (χ1v) is 17.1. The zero-order valence-corrected chi connectivity index (χ0v) is 30.0. The summed E-state index contributed by atoms with van der Waals surface area (Å²) in [5.74, 6) is -3.54. The van der Waals surface area contributed by atoms with Crippen molar-refractivity contribution in [3.8, 4) is 0 Å². The van der Waals surface area contributed by atoms with Gasteiger partial charge >= 0.3 is 11.9 Å². The van der Waals surface area contributed by atoms with Gasteiger partial charge < -0.3 is 20.1 Å². The number of nitrogens with zero attached hydrogens (tertiary/aromatic N) is 3. The number of benzene rings is 2. The van der Waals surface area contributed by atoms with E-state index in [1.165, 1.54) is 18.6 Å². The standard InChI is InChI=1S/C39H45N5O7/c1-25(2)32-33(47)38(20-31(46)50-6,29(28-15-11-8-12-16-28)23-44(32)34(48)30-22-40-17-18-41-30)39(35(49)42-21-26(3)45,19-27-13-9-7-10-14-27)36-43-37(4,5)24-51-36/h7-16,18,23,25,30,40H,17,19-22,24H2,1-6H3/p+1/t30-,38?,39-/m1/s1. The smallest absolute Gasteiger partial charge is 0.418 e. The molecule has 3 heterocycles. The van der Waals surface area contributed by atoms with Gasteiger partial charge in [-0.25, -0.2) is 9.79 Å². The summed E-state index contributed by atoms with van der Waals surface area (Å²) in [7, 11) is 1.22. The number of hydrogen-bond donors (Lipinski definition) is 2. The van der Waals surface area contributed by atoms with Crippen LogP contribution < -0.4 is 10.6 Å². The predicted octanol–water partition coefficient (Wildman–Crippen LogP) is 2.98. The Bertz CT molecular complexity index is 1830. The molecule has 1 unspecified atom stereocenters. The van der Waals surface area contributed by atoms with Crippen molar-refractivity contribution in [2.75, 3.05) is 33.4 Å². The first kappa shape index (κ1) is 37.2. The second-order valence-corrected chi connectivity index (χ2v) is 14.1. The SMILES string of the molecule is COC(=O)CC1([C@](Cc2ccccc2)(C(=O)NCC(C)=O)C2=NC(C)(C)CO2)C(=O)C(C(C)C)=[N+](C(=O)[C@H]2CNCC=N2)C=C1c1ccccc1. The number of methoxy groups -OCH3 is 1. The van der Waals surface area contributed by atoms with Gasteiger partial charge in [0.25, 0.3) is 0 Å². The highest BCUT2D eigenvalue weighted by Crippen LogP contribution is 2.58. The van der Waals surface area contributed by atoms with Crippen LogP contribution in [0, 0.1) is 16.7 Å². The molecular weight excluding hydrogens is 650 g/mol. The molecule has 0 saturated heterocycles. The van der Waals surface area contributed by atoms with Crippen molar-refractivity contribution < 1.29 is 38.0 Å². The first-order chi connectivity index (χ1) is 24.3. The van der Waals surface area contributed by atoms with E-state index in [1.54, 1.807) is 56.6 Å². The third kappa shape index (κ3) is 7.10. The van der Waals surface area contributed by atoms with E-state index in [0.29, 0.717) is 17.7 Å². The Morgan fingerprint density at radius 3 is 2.29 bits per heavy atom. The lowest BCUT2D eigenvalue weighted by atomic mass is 9.50. The maximum absolute atomic E-state index is 16.0.